The Morgan fingerprint density at radius 1 is 1.15 bits per heavy atom. The number of benzene rings is 2. The summed E-state index contributed by atoms with van der Waals surface area (Å²) in [6, 6.07) is 12.6. The van der Waals surface area contributed by atoms with Crippen molar-refractivity contribution in [2.75, 3.05) is 13.7 Å². The highest BCUT2D eigenvalue weighted by Crippen LogP contribution is 2.31. The van der Waals surface area contributed by atoms with Gasteiger partial charge in [0, 0.05) is 10.6 Å². The van der Waals surface area contributed by atoms with Gasteiger partial charge in [-0.1, -0.05) is 23.7 Å². The van der Waals surface area contributed by atoms with Gasteiger partial charge in [-0.25, -0.2) is 4.79 Å². The molecule has 0 amide bonds. The van der Waals surface area contributed by atoms with Crippen LogP contribution in [-0.2, 0) is 4.74 Å². The molecule has 4 heteroatoms. The molecular formula is C16H15ClO3. The van der Waals surface area contributed by atoms with Crippen LogP contribution in [-0.4, -0.2) is 19.7 Å². The maximum Gasteiger partial charge on any atom is 0.338 e. The van der Waals surface area contributed by atoms with Gasteiger partial charge in [-0.2, -0.15) is 0 Å². The van der Waals surface area contributed by atoms with Crippen LogP contribution in [0.3, 0.4) is 0 Å². The normalized spacial score (nSPS) is 10.2. The maximum absolute atomic E-state index is 11.8. The van der Waals surface area contributed by atoms with Crippen molar-refractivity contribution < 1.29 is 14.3 Å². The van der Waals surface area contributed by atoms with Crippen LogP contribution in [0.25, 0.3) is 11.1 Å². The third kappa shape index (κ3) is 3.11. The minimum absolute atomic E-state index is 0.342. The van der Waals surface area contributed by atoms with Crippen molar-refractivity contribution in [2.24, 2.45) is 0 Å². The summed E-state index contributed by atoms with van der Waals surface area (Å²) in [7, 11) is 1.60. The Labute approximate surface area is 123 Å². The van der Waals surface area contributed by atoms with Crippen molar-refractivity contribution >= 4 is 17.6 Å². The Kier molecular flexibility index (Phi) is 4.64. The van der Waals surface area contributed by atoms with E-state index in [2.05, 4.69) is 0 Å². The van der Waals surface area contributed by atoms with Gasteiger partial charge in [0.2, 0.25) is 0 Å². The third-order valence-corrected chi connectivity index (χ3v) is 3.12. The summed E-state index contributed by atoms with van der Waals surface area (Å²) in [4.78, 5) is 11.8. The second-order valence-electron chi connectivity index (χ2n) is 4.14. The molecule has 0 heterocycles. The van der Waals surface area contributed by atoms with Crippen LogP contribution in [0.4, 0.5) is 0 Å². The van der Waals surface area contributed by atoms with E-state index >= 15 is 0 Å². The molecule has 0 saturated heterocycles. The number of carbonyl (C=O) groups excluding carboxylic acids is 1. The molecule has 2 aromatic rings. The number of rotatable bonds is 4. The van der Waals surface area contributed by atoms with E-state index in [4.69, 9.17) is 21.1 Å². The summed E-state index contributed by atoms with van der Waals surface area (Å²) < 4.78 is 10.4. The number of hydrogen-bond acceptors (Lipinski definition) is 3. The van der Waals surface area contributed by atoms with Crippen LogP contribution in [0, 0.1) is 0 Å². The van der Waals surface area contributed by atoms with Gasteiger partial charge in [0.25, 0.3) is 0 Å². The van der Waals surface area contributed by atoms with E-state index in [0.717, 1.165) is 11.1 Å². The van der Waals surface area contributed by atoms with Crippen molar-refractivity contribution in [1.82, 2.24) is 0 Å². The predicted molar refractivity (Wildman–Crippen MR) is 79.4 cm³/mol. The molecule has 0 spiro atoms. The fourth-order valence-corrected chi connectivity index (χ4v) is 2.03. The lowest BCUT2D eigenvalue weighted by Crippen LogP contribution is -2.05. The molecule has 0 N–H and O–H groups in total. The Morgan fingerprint density at radius 2 is 1.85 bits per heavy atom. The van der Waals surface area contributed by atoms with E-state index in [1.54, 1.807) is 44.4 Å². The van der Waals surface area contributed by atoms with Crippen LogP contribution in [0.5, 0.6) is 5.75 Å². The lowest BCUT2D eigenvalue weighted by atomic mass is 10.0. The SMILES string of the molecule is CCOC(=O)c1ccc(OC)c(-c2ccc(Cl)cc2)c1. The van der Waals surface area contributed by atoms with Crippen LogP contribution in [0.1, 0.15) is 17.3 Å². The maximum atomic E-state index is 11.8. The minimum atomic E-state index is -0.342. The van der Waals surface area contributed by atoms with Crippen molar-refractivity contribution in [3.63, 3.8) is 0 Å². The molecule has 0 aromatic heterocycles. The molecule has 2 rings (SSSR count). The molecule has 0 atom stereocenters. The molecule has 2 aromatic carbocycles. The molecule has 3 nitrogen and oxygen atoms in total. The van der Waals surface area contributed by atoms with Gasteiger partial charge < -0.3 is 9.47 Å². The summed E-state index contributed by atoms with van der Waals surface area (Å²) in [5.41, 5.74) is 2.25. The van der Waals surface area contributed by atoms with Crippen molar-refractivity contribution in [1.29, 1.82) is 0 Å². The second-order valence-corrected chi connectivity index (χ2v) is 4.58. The zero-order valence-electron chi connectivity index (χ0n) is 11.4. The first-order valence-corrected chi connectivity index (χ1v) is 6.64. The lowest BCUT2D eigenvalue weighted by molar-refractivity contribution is 0.0526. The van der Waals surface area contributed by atoms with Gasteiger partial charge in [0.1, 0.15) is 5.75 Å². The monoisotopic (exact) mass is 290 g/mol. The van der Waals surface area contributed by atoms with Crippen molar-refractivity contribution in [3.8, 4) is 16.9 Å². The number of hydrogen-bond donors (Lipinski definition) is 0. The van der Waals surface area contributed by atoms with E-state index in [9.17, 15) is 4.79 Å². The third-order valence-electron chi connectivity index (χ3n) is 2.87. The van der Waals surface area contributed by atoms with Gasteiger partial charge in [-0.15, -0.1) is 0 Å². The van der Waals surface area contributed by atoms with Gasteiger partial charge >= 0.3 is 5.97 Å². The molecule has 0 bridgehead atoms. The number of ether oxygens (including phenoxy) is 2. The molecule has 0 aliphatic rings. The van der Waals surface area contributed by atoms with E-state index < -0.39 is 0 Å². The molecule has 0 radical (unpaired) electrons. The molecule has 104 valence electrons. The van der Waals surface area contributed by atoms with E-state index in [0.29, 0.717) is 22.9 Å². The Morgan fingerprint density at radius 3 is 2.45 bits per heavy atom. The van der Waals surface area contributed by atoms with Crippen LogP contribution in [0.2, 0.25) is 5.02 Å². The first-order valence-electron chi connectivity index (χ1n) is 6.26. The smallest absolute Gasteiger partial charge is 0.338 e. The highest BCUT2D eigenvalue weighted by Gasteiger charge is 2.12. The Balaban J connectivity index is 2.46. The first-order chi connectivity index (χ1) is 9.65. The molecular weight excluding hydrogens is 276 g/mol. The zero-order chi connectivity index (χ0) is 14.5. The summed E-state index contributed by atoms with van der Waals surface area (Å²) in [6.45, 7) is 2.13. The second kappa shape index (κ2) is 6.44. The fourth-order valence-electron chi connectivity index (χ4n) is 1.90. The highest BCUT2D eigenvalue weighted by molar-refractivity contribution is 6.30. The Bertz CT molecular complexity index is 606. The van der Waals surface area contributed by atoms with Crippen LogP contribution >= 0.6 is 11.6 Å². The summed E-state index contributed by atoms with van der Waals surface area (Å²) >= 11 is 5.89. The standard InChI is InChI=1S/C16H15ClO3/c1-3-20-16(18)12-6-9-15(19-2)14(10-12)11-4-7-13(17)8-5-11/h4-10H,3H2,1-2H3. The van der Waals surface area contributed by atoms with E-state index in [1.165, 1.54) is 0 Å². The topological polar surface area (TPSA) is 35.5 Å². The molecule has 0 aliphatic carbocycles. The number of carbonyl (C=O) groups is 1. The molecule has 20 heavy (non-hydrogen) atoms. The summed E-state index contributed by atoms with van der Waals surface area (Å²) in [6.07, 6.45) is 0. The van der Waals surface area contributed by atoms with Gasteiger partial charge in [0.15, 0.2) is 0 Å². The minimum Gasteiger partial charge on any atom is -0.496 e. The fraction of sp³-hybridized carbons (Fsp3) is 0.188. The lowest BCUT2D eigenvalue weighted by Gasteiger charge is -2.11. The molecule has 0 fully saturated rings. The van der Waals surface area contributed by atoms with Gasteiger partial charge in [-0.3, -0.25) is 0 Å². The first kappa shape index (κ1) is 14.4. The quantitative estimate of drug-likeness (QED) is 0.792. The number of methoxy groups -OCH3 is 1. The average Bonchev–Trinajstić information content (AvgIpc) is 2.47. The van der Waals surface area contributed by atoms with Gasteiger partial charge in [0.05, 0.1) is 19.3 Å². The predicted octanol–water partition coefficient (Wildman–Crippen LogP) is 4.19. The van der Waals surface area contributed by atoms with E-state index in [1.807, 2.05) is 12.1 Å². The highest BCUT2D eigenvalue weighted by atomic mass is 35.5. The van der Waals surface area contributed by atoms with Crippen LogP contribution < -0.4 is 4.74 Å². The largest absolute Gasteiger partial charge is 0.496 e. The number of halogens is 1. The Hall–Kier alpha value is -2.00. The average molecular weight is 291 g/mol. The number of esters is 1. The van der Waals surface area contributed by atoms with Gasteiger partial charge in [-0.05, 0) is 42.8 Å². The molecule has 0 aliphatic heterocycles. The summed E-state index contributed by atoms with van der Waals surface area (Å²) in [5.74, 6) is 0.353. The van der Waals surface area contributed by atoms with Crippen molar-refractivity contribution in [3.05, 3.63) is 53.1 Å². The molecule has 0 unspecified atom stereocenters. The van der Waals surface area contributed by atoms with Crippen molar-refractivity contribution in [2.45, 2.75) is 6.92 Å². The van der Waals surface area contributed by atoms with Crippen LogP contribution in [0.15, 0.2) is 42.5 Å². The summed E-state index contributed by atoms with van der Waals surface area (Å²) in [5, 5.41) is 0.661. The van der Waals surface area contributed by atoms with E-state index in [-0.39, 0.29) is 5.97 Å². The molecule has 0 saturated carbocycles. The zero-order valence-corrected chi connectivity index (χ0v) is 12.1.